The SMILES string of the molecule is CCCCCCCN=CC(C)CCCCC. The molecule has 0 aliphatic carbocycles. The molecule has 1 nitrogen and oxygen atoms in total. The van der Waals surface area contributed by atoms with Crippen molar-refractivity contribution in [2.45, 2.75) is 78.6 Å². The van der Waals surface area contributed by atoms with Gasteiger partial charge in [-0.1, -0.05) is 65.7 Å². The lowest BCUT2D eigenvalue weighted by Gasteiger charge is -2.04. The van der Waals surface area contributed by atoms with E-state index in [9.17, 15) is 0 Å². The third-order valence-electron chi connectivity index (χ3n) is 3.01. The molecule has 0 N–H and O–H groups in total. The van der Waals surface area contributed by atoms with Crippen molar-refractivity contribution >= 4 is 6.21 Å². The second kappa shape index (κ2) is 12.7. The van der Waals surface area contributed by atoms with Crippen molar-refractivity contribution in [2.24, 2.45) is 10.9 Å². The van der Waals surface area contributed by atoms with Crippen LogP contribution in [0.2, 0.25) is 0 Å². The highest BCUT2D eigenvalue weighted by molar-refractivity contribution is 5.59. The number of aliphatic imine (C=N–C) groups is 1. The molecular weight excluding hydrogens is 194 g/mol. The highest BCUT2D eigenvalue weighted by Crippen LogP contribution is 2.07. The van der Waals surface area contributed by atoms with Gasteiger partial charge in [0.25, 0.3) is 0 Å². The maximum Gasteiger partial charge on any atom is 0.0385 e. The quantitative estimate of drug-likeness (QED) is 0.336. The molecule has 0 saturated carbocycles. The number of hydrogen-bond acceptors (Lipinski definition) is 1. The molecule has 0 aliphatic heterocycles. The molecule has 0 saturated heterocycles. The number of nitrogens with zero attached hydrogens (tertiary/aromatic N) is 1. The number of unbranched alkanes of at least 4 members (excludes halogenated alkanes) is 6. The van der Waals surface area contributed by atoms with Gasteiger partial charge >= 0.3 is 0 Å². The third-order valence-corrected chi connectivity index (χ3v) is 3.01. The minimum atomic E-state index is 0.683. The second-order valence-electron chi connectivity index (χ2n) is 4.94. The molecule has 1 atom stereocenters. The molecule has 1 heteroatoms. The van der Waals surface area contributed by atoms with E-state index in [-0.39, 0.29) is 0 Å². The molecule has 0 fully saturated rings. The van der Waals surface area contributed by atoms with Gasteiger partial charge in [0.2, 0.25) is 0 Å². The molecule has 0 spiro atoms. The average Bonchev–Trinajstić information content (AvgIpc) is 2.28. The Balaban J connectivity index is 3.24. The summed E-state index contributed by atoms with van der Waals surface area (Å²) >= 11 is 0. The summed E-state index contributed by atoms with van der Waals surface area (Å²) < 4.78 is 0. The maximum atomic E-state index is 4.52. The third kappa shape index (κ3) is 11.7. The Kier molecular flexibility index (Phi) is 12.5. The molecule has 0 aromatic heterocycles. The second-order valence-corrected chi connectivity index (χ2v) is 4.94. The van der Waals surface area contributed by atoms with Crippen molar-refractivity contribution in [3.05, 3.63) is 0 Å². The van der Waals surface area contributed by atoms with Crippen LogP contribution in [0.4, 0.5) is 0 Å². The zero-order chi connectivity index (χ0) is 12.1. The zero-order valence-corrected chi connectivity index (χ0v) is 11.7. The summed E-state index contributed by atoms with van der Waals surface area (Å²) in [6, 6.07) is 0. The Labute approximate surface area is 103 Å². The molecular formula is C15H31N. The molecule has 96 valence electrons. The fraction of sp³-hybridized carbons (Fsp3) is 0.933. The summed E-state index contributed by atoms with van der Waals surface area (Å²) in [7, 11) is 0. The van der Waals surface area contributed by atoms with Gasteiger partial charge in [0.15, 0.2) is 0 Å². The van der Waals surface area contributed by atoms with Crippen molar-refractivity contribution in [1.29, 1.82) is 0 Å². The normalized spacial score (nSPS) is 13.4. The standard InChI is InChI=1S/C15H31N/c1-4-6-8-9-11-13-16-14-15(3)12-10-7-5-2/h14-15H,4-13H2,1-3H3. The molecule has 0 bridgehead atoms. The average molecular weight is 225 g/mol. The molecule has 0 aliphatic rings. The van der Waals surface area contributed by atoms with Crippen LogP contribution in [0.3, 0.4) is 0 Å². The fourth-order valence-electron chi connectivity index (χ4n) is 1.85. The van der Waals surface area contributed by atoms with E-state index in [1.54, 1.807) is 0 Å². The monoisotopic (exact) mass is 225 g/mol. The van der Waals surface area contributed by atoms with Gasteiger partial charge in [-0.3, -0.25) is 4.99 Å². The van der Waals surface area contributed by atoms with Crippen LogP contribution in [0.5, 0.6) is 0 Å². The van der Waals surface area contributed by atoms with E-state index in [4.69, 9.17) is 0 Å². The topological polar surface area (TPSA) is 12.4 Å². The van der Waals surface area contributed by atoms with Crippen LogP contribution in [0, 0.1) is 5.92 Å². The van der Waals surface area contributed by atoms with Gasteiger partial charge in [-0.25, -0.2) is 0 Å². The van der Waals surface area contributed by atoms with Crippen molar-refractivity contribution in [2.75, 3.05) is 6.54 Å². The lowest BCUT2D eigenvalue weighted by molar-refractivity contribution is 0.600. The van der Waals surface area contributed by atoms with Gasteiger partial charge in [-0.05, 0) is 18.8 Å². The Bertz CT molecular complexity index is 152. The van der Waals surface area contributed by atoms with Gasteiger partial charge in [0.05, 0.1) is 0 Å². The first-order chi connectivity index (χ1) is 7.81. The van der Waals surface area contributed by atoms with Crippen LogP contribution in [-0.2, 0) is 0 Å². The van der Waals surface area contributed by atoms with Crippen molar-refractivity contribution in [1.82, 2.24) is 0 Å². The Morgan fingerprint density at radius 1 is 0.875 bits per heavy atom. The van der Waals surface area contributed by atoms with Crippen LogP contribution in [0.15, 0.2) is 4.99 Å². The molecule has 0 rings (SSSR count). The van der Waals surface area contributed by atoms with E-state index in [0.29, 0.717) is 5.92 Å². The van der Waals surface area contributed by atoms with E-state index in [1.165, 1.54) is 57.8 Å². The lowest BCUT2D eigenvalue weighted by atomic mass is 10.0. The van der Waals surface area contributed by atoms with E-state index < -0.39 is 0 Å². The van der Waals surface area contributed by atoms with Crippen LogP contribution in [0.1, 0.15) is 78.6 Å². The maximum absolute atomic E-state index is 4.52. The summed E-state index contributed by atoms with van der Waals surface area (Å²) in [5.74, 6) is 0.683. The Hall–Kier alpha value is -0.330. The van der Waals surface area contributed by atoms with Crippen LogP contribution < -0.4 is 0 Å². The molecule has 0 radical (unpaired) electrons. The van der Waals surface area contributed by atoms with Crippen molar-refractivity contribution in [3.63, 3.8) is 0 Å². The molecule has 16 heavy (non-hydrogen) atoms. The van der Waals surface area contributed by atoms with Gasteiger partial charge in [-0.15, -0.1) is 0 Å². The predicted octanol–water partition coefficient (Wildman–Crippen LogP) is 5.24. The molecule has 0 amide bonds. The van der Waals surface area contributed by atoms with Crippen molar-refractivity contribution in [3.8, 4) is 0 Å². The number of rotatable bonds is 11. The number of hydrogen-bond donors (Lipinski definition) is 0. The fourth-order valence-corrected chi connectivity index (χ4v) is 1.85. The van der Waals surface area contributed by atoms with E-state index >= 15 is 0 Å². The zero-order valence-electron chi connectivity index (χ0n) is 11.7. The lowest BCUT2D eigenvalue weighted by Crippen LogP contribution is -1.97. The largest absolute Gasteiger partial charge is 0.297 e. The first-order valence-electron chi connectivity index (χ1n) is 7.31. The van der Waals surface area contributed by atoms with Gasteiger partial charge in [0, 0.05) is 12.8 Å². The van der Waals surface area contributed by atoms with E-state index in [0.717, 1.165) is 6.54 Å². The minimum absolute atomic E-state index is 0.683. The van der Waals surface area contributed by atoms with Gasteiger partial charge in [0.1, 0.15) is 0 Å². The van der Waals surface area contributed by atoms with Gasteiger partial charge < -0.3 is 0 Å². The van der Waals surface area contributed by atoms with E-state index in [2.05, 4.69) is 32.0 Å². The van der Waals surface area contributed by atoms with E-state index in [1.807, 2.05) is 0 Å². The highest BCUT2D eigenvalue weighted by Gasteiger charge is 1.96. The summed E-state index contributed by atoms with van der Waals surface area (Å²) in [5.41, 5.74) is 0. The molecule has 0 aromatic carbocycles. The summed E-state index contributed by atoms with van der Waals surface area (Å²) in [6.07, 6.45) is 14.3. The smallest absolute Gasteiger partial charge is 0.0385 e. The Morgan fingerprint density at radius 3 is 2.19 bits per heavy atom. The predicted molar refractivity (Wildman–Crippen MR) is 75.4 cm³/mol. The van der Waals surface area contributed by atoms with Gasteiger partial charge in [-0.2, -0.15) is 0 Å². The molecule has 1 unspecified atom stereocenters. The van der Waals surface area contributed by atoms with Crippen molar-refractivity contribution < 1.29 is 0 Å². The van der Waals surface area contributed by atoms with Crippen LogP contribution in [0.25, 0.3) is 0 Å². The summed E-state index contributed by atoms with van der Waals surface area (Å²) in [6.45, 7) is 7.85. The summed E-state index contributed by atoms with van der Waals surface area (Å²) in [4.78, 5) is 4.52. The highest BCUT2D eigenvalue weighted by atomic mass is 14.7. The van der Waals surface area contributed by atoms with Crippen LogP contribution >= 0.6 is 0 Å². The Morgan fingerprint density at radius 2 is 1.50 bits per heavy atom. The first kappa shape index (κ1) is 15.7. The molecule has 0 heterocycles. The van der Waals surface area contributed by atoms with Crippen LogP contribution in [-0.4, -0.2) is 12.8 Å². The first-order valence-corrected chi connectivity index (χ1v) is 7.31. The minimum Gasteiger partial charge on any atom is -0.297 e. The molecule has 0 aromatic rings. The summed E-state index contributed by atoms with van der Waals surface area (Å²) in [5, 5.41) is 0.